The fourth-order valence-electron chi connectivity index (χ4n) is 3.36. The van der Waals surface area contributed by atoms with Gasteiger partial charge in [-0.1, -0.05) is 24.3 Å². The lowest BCUT2D eigenvalue weighted by molar-refractivity contribution is -0.319. The molecule has 0 spiro atoms. The molecular weight excluding hydrogens is 428 g/mol. The molecule has 0 bridgehead atoms. The maximum absolute atomic E-state index is 10.2. The third kappa shape index (κ3) is 6.02. The van der Waals surface area contributed by atoms with Crippen LogP contribution >= 0.6 is 0 Å². The summed E-state index contributed by atoms with van der Waals surface area (Å²) in [7, 11) is 1.58. The first-order valence-corrected chi connectivity index (χ1v) is 10.2. The number of hydrogen-bond acceptors (Lipinski definition) is 11. The molecule has 9 atom stereocenters. The average molecular weight is 458 g/mol. The first-order valence-electron chi connectivity index (χ1n) is 10.2. The Kier molecular flexibility index (Phi) is 8.96. The van der Waals surface area contributed by atoms with Crippen LogP contribution in [0.3, 0.4) is 0 Å². The normalized spacial score (nSPS) is 38.2. The number of ether oxygens (including phenoxy) is 5. The maximum Gasteiger partial charge on any atom is 0.187 e. The third-order valence-electron chi connectivity index (χ3n) is 5.33. The van der Waals surface area contributed by atoms with Crippen LogP contribution in [-0.4, -0.2) is 113 Å². The van der Waals surface area contributed by atoms with Crippen molar-refractivity contribution in [3.05, 3.63) is 35.9 Å². The van der Waals surface area contributed by atoms with Crippen molar-refractivity contribution in [1.82, 2.24) is 0 Å². The van der Waals surface area contributed by atoms with Crippen molar-refractivity contribution in [3.63, 3.8) is 0 Å². The summed E-state index contributed by atoms with van der Waals surface area (Å²) < 4.78 is 26.6. The highest BCUT2D eigenvalue weighted by Gasteiger charge is 2.45. The Balaban J connectivity index is 1.51. The number of aliphatic hydroxyl groups excluding tert-OH is 6. The molecule has 9 unspecified atom stereocenters. The average Bonchev–Trinajstić information content (AvgIpc) is 2.80. The Morgan fingerprint density at radius 3 is 2.25 bits per heavy atom. The van der Waals surface area contributed by atoms with Crippen LogP contribution < -0.4 is 4.74 Å². The number of rotatable bonds is 8. The Morgan fingerprint density at radius 2 is 1.56 bits per heavy atom. The molecule has 0 amide bonds. The van der Waals surface area contributed by atoms with Gasteiger partial charge in [-0.25, -0.2) is 0 Å². The van der Waals surface area contributed by atoms with Crippen molar-refractivity contribution in [3.8, 4) is 5.75 Å². The van der Waals surface area contributed by atoms with Crippen LogP contribution in [0.4, 0.5) is 0 Å². The Labute approximate surface area is 185 Å². The number of benzene rings is 1. The summed E-state index contributed by atoms with van der Waals surface area (Å²) in [6, 6.07) is 7.33. The second-order valence-electron chi connectivity index (χ2n) is 7.61. The van der Waals surface area contributed by atoms with Crippen molar-refractivity contribution >= 4 is 6.08 Å². The molecule has 0 aromatic heterocycles. The van der Waals surface area contributed by atoms with Gasteiger partial charge in [0.25, 0.3) is 0 Å². The molecule has 2 fully saturated rings. The minimum atomic E-state index is -1.56. The van der Waals surface area contributed by atoms with Gasteiger partial charge in [0.05, 0.1) is 26.9 Å². The summed E-state index contributed by atoms with van der Waals surface area (Å²) in [4.78, 5) is 0. The standard InChI is InChI=1S/C21H30O11/c1-28-12-6-4-11(5-7-12)3-2-8-29-21-19(27)17(25)16(24)14(32-21)10-31-20-18(26)15(23)13(22)9-30-20/h2-7,13-27H,8-10H2,1H3. The van der Waals surface area contributed by atoms with Gasteiger partial charge in [0.2, 0.25) is 0 Å². The zero-order valence-corrected chi connectivity index (χ0v) is 17.5. The molecular formula is C21H30O11. The van der Waals surface area contributed by atoms with Gasteiger partial charge >= 0.3 is 0 Å². The topological polar surface area (TPSA) is 168 Å². The quantitative estimate of drug-likeness (QED) is 0.255. The number of hydrogen-bond donors (Lipinski definition) is 6. The Bertz CT molecular complexity index is 727. The van der Waals surface area contributed by atoms with Gasteiger partial charge in [0.1, 0.15) is 48.5 Å². The summed E-state index contributed by atoms with van der Waals surface area (Å²) in [5.41, 5.74) is 0.902. The molecule has 2 aliphatic heterocycles. The summed E-state index contributed by atoms with van der Waals surface area (Å²) in [5.74, 6) is 0.731. The van der Waals surface area contributed by atoms with Gasteiger partial charge < -0.3 is 54.3 Å². The Morgan fingerprint density at radius 1 is 0.875 bits per heavy atom. The Hall–Kier alpha value is -1.64. The van der Waals surface area contributed by atoms with Crippen LogP contribution in [0.1, 0.15) is 5.56 Å². The molecule has 2 saturated heterocycles. The molecule has 6 N–H and O–H groups in total. The van der Waals surface area contributed by atoms with E-state index in [4.69, 9.17) is 23.7 Å². The number of aliphatic hydroxyl groups is 6. The van der Waals surface area contributed by atoms with Crippen molar-refractivity contribution in [2.75, 3.05) is 26.9 Å². The van der Waals surface area contributed by atoms with E-state index in [1.807, 2.05) is 24.3 Å². The predicted octanol–water partition coefficient (Wildman–Crippen LogP) is -2.01. The fraction of sp³-hybridized carbons (Fsp3) is 0.619. The lowest BCUT2D eigenvalue weighted by Crippen LogP contribution is -2.60. The van der Waals surface area contributed by atoms with Gasteiger partial charge in [-0.3, -0.25) is 0 Å². The smallest absolute Gasteiger partial charge is 0.187 e. The molecule has 11 heteroatoms. The van der Waals surface area contributed by atoms with Gasteiger partial charge in [0.15, 0.2) is 12.6 Å². The van der Waals surface area contributed by atoms with Crippen molar-refractivity contribution in [2.45, 2.75) is 55.3 Å². The monoisotopic (exact) mass is 458 g/mol. The summed E-state index contributed by atoms with van der Waals surface area (Å²) in [6.45, 7) is -0.527. The summed E-state index contributed by atoms with van der Waals surface area (Å²) in [6.07, 6.45) is -8.88. The SMILES string of the molecule is COc1ccc(C=CCOC2OC(COC3OCC(O)C(O)C3O)C(O)C(O)C2O)cc1. The lowest BCUT2D eigenvalue weighted by Gasteiger charge is -2.41. The summed E-state index contributed by atoms with van der Waals surface area (Å²) in [5, 5.41) is 59.6. The minimum Gasteiger partial charge on any atom is -0.497 e. The molecule has 2 heterocycles. The minimum absolute atomic E-state index is 0.0542. The fourth-order valence-corrected chi connectivity index (χ4v) is 3.36. The largest absolute Gasteiger partial charge is 0.497 e. The highest BCUT2D eigenvalue weighted by Crippen LogP contribution is 2.24. The van der Waals surface area contributed by atoms with Crippen LogP contribution in [-0.2, 0) is 18.9 Å². The van der Waals surface area contributed by atoms with Crippen molar-refractivity contribution < 1.29 is 54.3 Å². The molecule has 3 rings (SSSR count). The second kappa shape index (κ2) is 11.5. The number of methoxy groups -OCH3 is 1. The maximum atomic E-state index is 10.2. The van der Waals surface area contributed by atoms with E-state index in [1.54, 1.807) is 19.3 Å². The van der Waals surface area contributed by atoms with Gasteiger partial charge in [-0.05, 0) is 17.7 Å². The van der Waals surface area contributed by atoms with Crippen molar-refractivity contribution in [1.29, 1.82) is 0 Å². The van der Waals surface area contributed by atoms with E-state index >= 15 is 0 Å². The van der Waals surface area contributed by atoms with Gasteiger partial charge in [0, 0.05) is 0 Å². The van der Waals surface area contributed by atoms with Crippen LogP contribution in [0.25, 0.3) is 6.08 Å². The molecule has 0 aliphatic carbocycles. The van der Waals surface area contributed by atoms with Crippen LogP contribution in [0.15, 0.2) is 30.3 Å². The molecule has 1 aromatic rings. The van der Waals surface area contributed by atoms with Gasteiger partial charge in [-0.2, -0.15) is 0 Å². The highest BCUT2D eigenvalue weighted by atomic mass is 16.7. The second-order valence-corrected chi connectivity index (χ2v) is 7.61. The first-order chi connectivity index (χ1) is 15.3. The van der Waals surface area contributed by atoms with Gasteiger partial charge in [-0.15, -0.1) is 0 Å². The molecule has 0 saturated carbocycles. The zero-order valence-electron chi connectivity index (χ0n) is 17.5. The van der Waals surface area contributed by atoms with E-state index in [0.717, 1.165) is 11.3 Å². The molecule has 0 radical (unpaired) electrons. The molecule has 2 aliphatic rings. The highest BCUT2D eigenvalue weighted by molar-refractivity contribution is 5.50. The van der Waals surface area contributed by atoms with E-state index in [2.05, 4.69) is 0 Å². The molecule has 1 aromatic carbocycles. The van der Waals surface area contributed by atoms with E-state index in [9.17, 15) is 30.6 Å². The van der Waals surface area contributed by atoms with Crippen LogP contribution in [0.5, 0.6) is 5.75 Å². The van der Waals surface area contributed by atoms with E-state index < -0.39 is 55.3 Å². The predicted molar refractivity (Wildman–Crippen MR) is 108 cm³/mol. The van der Waals surface area contributed by atoms with E-state index in [0.29, 0.717) is 0 Å². The van der Waals surface area contributed by atoms with Crippen molar-refractivity contribution in [2.24, 2.45) is 0 Å². The molecule has 32 heavy (non-hydrogen) atoms. The third-order valence-corrected chi connectivity index (χ3v) is 5.33. The van der Waals surface area contributed by atoms with E-state index in [1.165, 1.54) is 0 Å². The molecule has 180 valence electrons. The zero-order chi connectivity index (χ0) is 23.3. The van der Waals surface area contributed by atoms with Crippen LogP contribution in [0.2, 0.25) is 0 Å². The summed E-state index contributed by atoms with van der Waals surface area (Å²) >= 11 is 0. The lowest BCUT2D eigenvalue weighted by atomic mass is 9.99. The first kappa shape index (κ1) is 25.0. The molecule has 11 nitrogen and oxygen atoms in total. The van der Waals surface area contributed by atoms with Crippen LogP contribution in [0, 0.1) is 0 Å². The van der Waals surface area contributed by atoms with E-state index in [-0.39, 0.29) is 19.8 Å².